The Labute approximate surface area is 145 Å². The molecule has 0 amide bonds. The number of halogens is 2. The van der Waals surface area contributed by atoms with E-state index in [2.05, 4.69) is 0 Å². The zero-order valence-electron chi connectivity index (χ0n) is 12.8. The molecular formula is C15H19BrClN3O2. The van der Waals surface area contributed by atoms with E-state index in [-0.39, 0.29) is 29.5 Å². The SMILES string of the molecule is CCOC(=O)Cn1cc[n+](-c2c(C)cc(C)cc2Cl)c1N.[Br-]. The van der Waals surface area contributed by atoms with E-state index in [9.17, 15) is 4.79 Å². The van der Waals surface area contributed by atoms with Crippen LogP contribution < -0.4 is 27.3 Å². The van der Waals surface area contributed by atoms with Gasteiger partial charge in [-0.2, -0.15) is 0 Å². The Morgan fingerprint density at radius 2 is 2.09 bits per heavy atom. The average Bonchev–Trinajstić information content (AvgIpc) is 2.71. The zero-order valence-corrected chi connectivity index (χ0v) is 15.1. The standard InChI is InChI=1S/C15H18ClN3O2.BrH/c1-4-21-13(20)9-18-5-6-19(15(18)17)14-11(3)7-10(2)8-12(14)16;/h5-8,17H,4,9H2,1-3H3;1H. The fraction of sp³-hybridized carbons (Fsp3) is 0.333. The first-order valence-corrected chi connectivity index (χ1v) is 7.10. The van der Waals surface area contributed by atoms with Gasteiger partial charge in [-0.3, -0.25) is 5.73 Å². The summed E-state index contributed by atoms with van der Waals surface area (Å²) in [6, 6.07) is 3.93. The first kappa shape index (κ1) is 18.5. The van der Waals surface area contributed by atoms with Crippen LogP contribution in [0.25, 0.3) is 5.69 Å². The highest BCUT2D eigenvalue weighted by Gasteiger charge is 2.20. The highest BCUT2D eigenvalue weighted by atomic mass is 79.9. The Morgan fingerprint density at radius 3 is 2.68 bits per heavy atom. The summed E-state index contributed by atoms with van der Waals surface area (Å²) in [5, 5.41) is 0.623. The number of carbonyl (C=O) groups is 1. The minimum atomic E-state index is -0.321. The molecule has 7 heteroatoms. The van der Waals surface area contributed by atoms with Crippen molar-refractivity contribution in [1.82, 2.24) is 4.57 Å². The molecule has 0 fully saturated rings. The number of anilines is 1. The minimum Gasteiger partial charge on any atom is -1.00 e. The van der Waals surface area contributed by atoms with Crippen LogP contribution in [0, 0.1) is 13.8 Å². The van der Waals surface area contributed by atoms with Crippen LogP contribution in [0.4, 0.5) is 5.95 Å². The predicted molar refractivity (Wildman–Crippen MR) is 81.5 cm³/mol. The van der Waals surface area contributed by atoms with E-state index < -0.39 is 0 Å². The summed E-state index contributed by atoms with van der Waals surface area (Å²) in [6.45, 7) is 6.16. The van der Waals surface area contributed by atoms with Crippen LogP contribution in [-0.4, -0.2) is 17.1 Å². The number of ether oxygens (including phenoxy) is 1. The summed E-state index contributed by atoms with van der Waals surface area (Å²) in [6.07, 6.45) is 3.53. The predicted octanol–water partition coefficient (Wildman–Crippen LogP) is -0.816. The third-order valence-corrected chi connectivity index (χ3v) is 3.47. The quantitative estimate of drug-likeness (QED) is 0.550. The van der Waals surface area contributed by atoms with Gasteiger partial charge in [0.25, 0.3) is 0 Å². The molecule has 0 saturated carbocycles. The molecule has 120 valence electrons. The zero-order chi connectivity index (χ0) is 15.6. The second-order valence-corrected chi connectivity index (χ2v) is 5.28. The van der Waals surface area contributed by atoms with Crippen LogP contribution in [0.15, 0.2) is 24.5 Å². The Hall–Kier alpha value is -1.53. The van der Waals surface area contributed by atoms with Crippen molar-refractivity contribution in [2.75, 3.05) is 12.3 Å². The number of nitrogens with zero attached hydrogens (tertiary/aromatic N) is 2. The van der Waals surface area contributed by atoms with Crippen LogP contribution in [0.1, 0.15) is 18.1 Å². The molecule has 1 heterocycles. The third kappa shape index (κ3) is 3.81. The van der Waals surface area contributed by atoms with Gasteiger partial charge < -0.3 is 21.7 Å². The number of rotatable bonds is 4. The molecule has 1 aromatic carbocycles. The van der Waals surface area contributed by atoms with Crippen LogP contribution in [0.2, 0.25) is 5.02 Å². The molecule has 0 spiro atoms. The fourth-order valence-corrected chi connectivity index (χ4v) is 2.73. The lowest BCUT2D eigenvalue weighted by molar-refractivity contribution is -0.579. The van der Waals surface area contributed by atoms with Gasteiger partial charge in [0, 0.05) is 0 Å². The maximum absolute atomic E-state index is 11.6. The fourth-order valence-electron chi connectivity index (χ4n) is 2.32. The molecule has 2 rings (SSSR count). The summed E-state index contributed by atoms with van der Waals surface area (Å²) in [5.41, 5.74) is 9.05. The molecular weight excluding hydrogens is 370 g/mol. The van der Waals surface area contributed by atoms with Gasteiger partial charge in [-0.05, 0) is 38.0 Å². The maximum atomic E-state index is 11.6. The van der Waals surface area contributed by atoms with E-state index in [1.807, 2.05) is 26.0 Å². The van der Waals surface area contributed by atoms with Crippen molar-refractivity contribution in [3.63, 3.8) is 0 Å². The summed E-state index contributed by atoms with van der Waals surface area (Å²) < 4.78 is 8.34. The van der Waals surface area contributed by atoms with E-state index in [0.29, 0.717) is 17.6 Å². The Balaban J connectivity index is 0.00000242. The third-order valence-electron chi connectivity index (χ3n) is 3.18. The van der Waals surface area contributed by atoms with Crippen molar-refractivity contribution in [2.24, 2.45) is 0 Å². The van der Waals surface area contributed by atoms with Crippen molar-refractivity contribution >= 4 is 23.5 Å². The number of hydrogen-bond donors (Lipinski definition) is 1. The molecule has 0 aliphatic carbocycles. The number of aromatic nitrogens is 2. The molecule has 0 aliphatic rings. The van der Waals surface area contributed by atoms with Crippen molar-refractivity contribution < 1.29 is 31.1 Å². The van der Waals surface area contributed by atoms with Gasteiger partial charge in [-0.25, -0.2) is 13.9 Å². The Bertz CT molecular complexity index is 662. The molecule has 0 bridgehead atoms. The normalized spacial score (nSPS) is 10.2. The van der Waals surface area contributed by atoms with Gasteiger partial charge in [0.15, 0.2) is 6.54 Å². The number of nitrogens with two attached hydrogens (primary N) is 1. The first-order chi connectivity index (χ1) is 9.93. The number of nitrogen functional groups attached to an aromatic ring is 1. The van der Waals surface area contributed by atoms with E-state index in [1.165, 1.54) is 0 Å². The van der Waals surface area contributed by atoms with Gasteiger partial charge >= 0.3 is 11.9 Å². The van der Waals surface area contributed by atoms with Crippen molar-refractivity contribution in [3.8, 4) is 5.69 Å². The summed E-state index contributed by atoms with van der Waals surface area (Å²) in [7, 11) is 0. The van der Waals surface area contributed by atoms with Gasteiger partial charge in [0.2, 0.25) is 0 Å². The van der Waals surface area contributed by atoms with Gasteiger partial charge in [0.1, 0.15) is 11.9 Å². The second-order valence-electron chi connectivity index (χ2n) is 4.87. The van der Waals surface area contributed by atoms with Crippen molar-refractivity contribution in [1.29, 1.82) is 0 Å². The second kappa shape index (κ2) is 7.65. The van der Waals surface area contributed by atoms with Crippen LogP contribution in [0.5, 0.6) is 0 Å². The Kier molecular flexibility index (Phi) is 6.44. The topological polar surface area (TPSA) is 61.1 Å². The van der Waals surface area contributed by atoms with E-state index in [1.54, 1.807) is 28.5 Å². The number of aryl methyl sites for hydroxylation is 2. The van der Waals surface area contributed by atoms with Gasteiger partial charge in [-0.1, -0.05) is 17.7 Å². The molecule has 2 aromatic rings. The monoisotopic (exact) mass is 387 g/mol. The molecule has 0 unspecified atom stereocenters. The van der Waals surface area contributed by atoms with E-state index in [0.717, 1.165) is 16.8 Å². The molecule has 5 nitrogen and oxygen atoms in total. The van der Waals surface area contributed by atoms with Crippen LogP contribution >= 0.6 is 11.6 Å². The van der Waals surface area contributed by atoms with Crippen LogP contribution in [0.3, 0.4) is 0 Å². The number of hydrogen-bond acceptors (Lipinski definition) is 3. The number of imidazole rings is 1. The molecule has 0 aliphatic heterocycles. The number of carbonyl (C=O) groups excluding carboxylic acids is 1. The van der Waals surface area contributed by atoms with Gasteiger partial charge in [0.05, 0.1) is 17.8 Å². The molecule has 0 atom stereocenters. The number of esters is 1. The lowest BCUT2D eigenvalue weighted by Crippen LogP contribution is -3.00. The smallest absolute Gasteiger partial charge is 0.360 e. The van der Waals surface area contributed by atoms with E-state index in [4.69, 9.17) is 22.1 Å². The lowest BCUT2D eigenvalue weighted by atomic mass is 10.1. The number of benzene rings is 1. The van der Waals surface area contributed by atoms with Crippen LogP contribution in [-0.2, 0) is 16.1 Å². The van der Waals surface area contributed by atoms with Crippen molar-refractivity contribution in [2.45, 2.75) is 27.3 Å². The summed E-state index contributed by atoms with van der Waals surface area (Å²) in [4.78, 5) is 11.6. The minimum absolute atomic E-state index is 0. The first-order valence-electron chi connectivity index (χ1n) is 6.73. The molecule has 0 radical (unpaired) electrons. The van der Waals surface area contributed by atoms with Crippen molar-refractivity contribution in [3.05, 3.63) is 40.7 Å². The van der Waals surface area contributed by atoms with E-state index >= 15 is 0 Å². The summed E-state index contributed by atoms with van der Waals surface area (Å²) >= 11 is 6.33. The molecule has 1 aromatic heterocycles. The molecule has 2 N–H and O–H groups in total. The maximum Gasteiger partial charge on any atom is 0.360 e. The van der Waals surface area contributed by atoms with Gasteiger partial charge in [-0.15, -0.1) is 0 Å². The highest BCUT2D eigenvalue weighted by molar-refractivity contribution is 6.32. The highest BCUT2D eigenvalue weighted by Crippen LogP contribution is 2.23. The lowest BCUT2D eigenvalue weighted by Gasteiger charge is -2.08. The average molecular weight is 389 g/mol. The Morgan fingerprint density at radius 1 is 1.41 bits per heavy atom. The molecule has 22 heavy (non-hydrogen) atoms. The summed E-state index contributed by atoms with van der Waals surface area (Å²) in [5.74, 6) is 0.107. The molecule has 0 saturated heterocycles. The largest absolute Gasteiger partial charge is 1.00 e.